The van der Waals surface area contributed by atoms with E-state index in [0.29, 0.717) is 5.71 Å². The van der Waals surface area contributed by atoms with E-state index in [0.717, 1.165) is 12.1 Å². The molecule has 0 aliphatic carbocycles. The van der Waals surface area contributed by atoms with Gasteiger partial charge in [0.15, 0.2) is 0 Å². The highest BCUT2D eigenvalue weighted by atomic mass is 16.5. The van der Waals surface area contributed by atoms with Crippen LogP contribution in [0.25, 0.3) is 0 Å². The average molecular weight is 230 g/mol. The Morgan fingerprint density at radius 1 is 1.41 bits per heavy atom. The molecule has 4 nitrogen and oxygen atoms in total. The molecule has 0 bridgehead atoms. The Hall–Kier alpha value is -1.84. The van der Waals surface area contributed by atoms with Crippen LogP contribution < -0.4 is 5.01 Å². The molecule has 0 radical (unpaired) electrons. The SMILES string of the molecule is CC1=NN2c3ccccc3C[C@H]2[C@H](C)OC1=O. The van der Waals surface area contributed by atoms with Crippen LogP contribution >= 0.6 is 0 Å². The van der Waals surface area contributed by atoms with Gasteiger partial charge in [-0.15, -0.1) is 0 Å². The van der Waals surface area contributed by atoms with Crippen LogP contribution in [0.1, 0.15) is 19.4 Å². The lowest BCUT2D eigenvalue weighted by molar-refractivity contribution is -0.140. The number of hydrazone groups is 1. The van der Waals surface area contributed by atoms with Crippen LogP contribution in [0.2, 0.25) is 0 Å². The number of rotatable bonds is 0. The number of cyclic esters (lactones) is 1. The van der Waals surface area contributed by atoms with Crippen molar-refractivity contribution in [1.82, 2.24) is 0 Å². The Bertz CT molecular complexity index is 510. The van der Waals surface area contributed by atoms with Crippen molar-refractivity contribution in [3.8, 4) is 0 Å². The first-order chi connectivity index (χ1) is 8.16. The largest absolute Gasteiger partial charge is 0.456 e. The summed E-state index contributed by atoms with van der Waals surface area (Å²) in [7, 11) is 0. The number of benzene rings is 1. The van der Waals surface area contributed by atoms with E-state index in [1.165, 1.54) is 5.56 Å². The molecule has 0 amide bonds. The molecule has 0 saturated heterocycles. The number of para-hydroxylation sites is 1. The molecule has 0 fully saturated rings. The summed E-state index contributed by atoms with van der Waals surface area (Å²) in [5.41, 5.74) is 2.76. The molecule has 4 heteroatoms. The standard InChI is InChI=1S/C13H14N2O2/c1-8-13(16)17-9(2)12-7-10-5-3-4-6-11(10)15(12)14-8/h3-6,9,12H,7H2,1-2H3/t9-,12-/m0/s1. The predicted octanol–water partition coefficient (Wildman–Crippen LogP) is 1.74. The topological polar surface area (TPSA) is 41.9 Å². The summed E-state index contributed by atoms with van der Waals surface area (Å²) < 4.78 is 5.36. The van der Waals surface area contributed by atoms with Gasteiger partial charge in [-0.05, 0) is 25.5 Å². The zero-order chi connectivity index (χ0) is 12.0. The molecule has 1 aromatic carbocycles. The van der Waals surface area contributed by atoms with Crippen molar-refractivity contribution < 1.29 is 9.53 Å². The molecule has 2 heterocycles. The maximum Gasteiger partial charge on any atom is 0.354 e. The van der Waals surface area contributed by atoms with Gasteiger partial charge in [0, 0.05) is 6.42 Å². The van der Waals surface area contributed by atoms with Crippen molar-refractivity contribution in [2.45, 2.75) is 32.4 Å². The summed E-state index contributed by atoms with van der Waals surface area (Å²) in [4.78, 5) is 11.6. The van der Waals surface area contributed by atoms with Crippen molar-refractivity contribution >= 4 is 17.4 Å². The van der Waals surface area contributed by atoms with E-state index in [9.17, 15) is 4.79 Å². The molecule has 3 rings (SSSR count). The Balaban J connectivity index is 2.09. The number of hydrogen-bond acceptors (Lipinski definition) is 4. The van der Waals surface area contributed by atoms with Crippen molar-refractivity contribution in [1.29, 1.82) is 0 Å². The zero-order valence-electron chi connectivity index (χ0n) is 9.88. The van der Waals surface area contributed by atoms with E-state index >= 15 is 0 Å². The molecule has 0 spiro atoms. The van der Waals surface area contributed by atoms with Crippen molar-refractivity contribution in [2.75, 3.05) is 5.01 Å². The normalized spacial score (nSPS) is 26.8. The Kier molecular flexibility index (Phi) is 2.18. The van der Waals surface area contributed by atoms with Crippen LogP contribution in [-0.2, 0) is 16.0 Å². The first-order valence-electron chi connectivity index (χ1n) is 5.80. The average Bonchev–Trinajstić information content (AvgIpc) is 2.63. The lowest BCUT2D eigenvalue weighted by Gasteiger charge is -2.24. The van der Waals surface area contributed by atoms with E-state index in [1.54, 1.807) is 6.92 Å². The smallest absolute Gasteiger partial charge is 0.354 e. The molecule has 2 aliphatic heterocycles. The Morgan fingerprint density at radius 3 is 3.00 bits per heavy atom. The second kappa shape index (κ2) is 3.58. The fourth-order valence-electron chi connectivity index (χ4n) is 2.43. The molecule has 2 atom stereocenters. The van der Waals surface area contributed by atoms with Gasteiger partial charge >= 0.3 is 5.97 Å². The summed E-state index contributed by atoms with van der Waals surface area (Å²) >= 11 is 0. The summed E-state index contributed by atoms with van der Waals surface area (Å²) in [6, 6.07) is 8.27. The van der Waals surface area contributed by atoms with E-state index in [4.69, 9.17) is 4.74 Å². The second-order valence-corrected chi connectivity index (χ2v) is 4.54. The quantitative estimate of drug-likeness (QED) is 0.637. The molecule has 2 aliphatic rings. The highest BCUT2D eigenvalue weighted by Gasteiger charge is 2.37. The second-order valence-electron chi connectivity index (χ2n) is 4.54. The molecule has 0 N–H and O–H groups in total. The van der Waals surface area contributed by atoms with Gasteiger partial charge in [-0.25, -0.2) is 4.79 Å². The third kappa shape index (κ3) is 1.52. The lowest BCUT2D eigenvalue weighted by Crippen LogP contribution is -2.37. The van der Waals surface area contributed by atoms with Crippen LogP contribution in [0.3, 0.4) is 0 Å². The zero-order valence-corrected chi connectivity index (χ0v) is 9.88. The number of carbonyl (C=O) groups is 1. The molecule has 17 heavy (non-hydrogen) atoms. The highest BCUT2D eigenvalue weighted by Crippen LogP contribution is 2.35. The van der Waals surface area contributed by atoms with Crippen LogP contribution in [-0.4, -0.2) is 23.8 Å². The van der Waals surface area contributed by atoms with Gasteiger partial charge in [0.25, 0.3) is 0 Å². The highest BCUT2D eigenvalue weighted by molar-refractivity contribution is 6.35. The first-order valence-corrected chi connectivity index (χ1v) is 5.80. The van der Waals surface area contributed by atoms with E-state index in [1.807, 2.05) is 30.1 Å². The Labute approximate surface area is 99.9 Å². The van der Waals surface area contributed by atoms with Crippen LogP contribution in [0.15, 0.2) is 29.4 Å². The van der Waals surface area contributed by atoms with Crippen molar-refractivity contribution in [2.24, 2.45) is 5.10 Å². The molecular formula is C13H14N2O2. The maximum atomic E-state index is 11.6. The minimum Gasteiger partial charge on any atom is -0.456 e. The summed E-state index contributed by atoms with van der Waals surface area (Å²) in [6.07, 6.45) is 0.734. The van der Waals surface area contributed by atoms with Gasteiger partial charge in [-0.3, -0.25) is 5.01 Å². The van der Waals surface area contributed by atoms with Crippen LogP contribution in [0.5, 0.6) is 0 Å². The number of esters is 1. The minimum absolute atomic E-state index is 0.119. The molecule has 0 aromatic heterocycles. The van der Waals surface area contributed by atoms with Gasteiger partial charge in [-0.1, -0.05) is 18.2 Å². The number of anilines is 1. The fraction of sp³-hybridized carbons (Fsp3) is 0.385. The van der Waals surface area contributed by atoms with E-state index < -0.39 is 0 Å². The first kappa shape index (κ1) is 10.3. The molecule has 0 unspecified atom stereocenters. The van der Waals surface area contributed by atoms with Crippen LogP contribution in [0.4, 0.5) is 5.69 Å². The number of nitrogens with zero attached hydrogens (tertiary/aromatic N) is 2. The molecule has 88 valence electrons. The number of hydrogen-bond donors (Lipinski definition) is 0. The summed E-state index contributed by atoms with van der Waals surface area (Å²) in [5, 5.41) is 6.32. The lowest BCUT2D eigenvalue weighted by atomic mass is 10.1. The van der Waals surface area contributed by atoms with Gasteiger partial charge in [0.1, 0.15) is 11.8 Å². The predicted molar refractivity (Wildman–Crippen MR) is 65.1 cm³/mol. The van der Waals surface area contributed by atoms with Crippen molar-refractivity contribution in [3.05, 3.63) is 29.8 Å². The Morgan fingerprint density at radius 2 is 2.18 bits per heavy atom. The third-order valence-electron chi connectivity index (χ3n) is 3.37. The number of carbonyl (C=O) groups excluding carboxylic acids is 1. The van der Waals surface area contributed by atoms with Gasteiger partial charge in [0.2, 0.25) is 0 Å². The van der Waals surface area contributed by atoms with E-state index in [2.05, 4.69) is 11.2 Å². The van der Waals surface area contributed by atoms with Crippen LogP contribution in [0, 0.1) is 0 Å². The molecular weight excluding hydrogens is 216 g/mol. The van der Waals surface area contributed by atoms with E-state index in [-0.39, 0.29) is 18.1 Å². The molecule has 0 saturated carbocycles. The monoisotopic (exact) mass is 230 g/mol. The van der Waals surface area contributed by atoms with Gasteiger partial charge in [0.05, 0.1) is 11.7 Å². The fourth-order valence-corrected chi connectivity index (χ4v) is 2.43. The maximum absolute atomic E-state index is 11.6. The minimum atomic E-state index is -0.315. The summed E-state index contributed by atoms with van der Waals surface area (Å²) in [6.45, 7) is 3.62. The third-order valence-corrected chi connectivity index (χ3v) is 3.37. The number of ether oxygens (including phenoxy) is 1. The molecule has 1 aromatic rings. The van der Waals surface area contributed by atoms with Gasteiger partial charge < -0.3 is 4.74 Å². The van der Waals surface area contributed by atoms with Gasteiger partial charge in [-0.2, -0.15) is 5.10 Å². The summed E-state index contributed by atoms with van der Waals surface area (Å²) in [5.74, 6) is -0.315. The van der Waals surface area contributed by atoms with Crippen molar-refractivity contribution in [3.63, 3.8) is 0 Å². The number of fused-ring (bicyclic) bond motifs is 3.